The van der Waals surface area contributed by atoms with E-state index in [0.717, 1.165) is 44.5 Å². The number of rotatable bonds is 5. The number of nitrogens with zero attached hydrogens (tertiary/aromatic N) is 2. The van der Waals surface area contributed by atoms with Gasteiger partial charge < -0.3 is 10.6 Å². The number of carbonyl (C=O) groups is 1. The molecule has 0 saturated carbocycles. The van der Waals surface area contributed by atoms with Crippen molar-refractivity contribution >= 4 is 24.0 Å². The van der Waals surface area contributed by atoms with Gasteiger partial charge in [0.2, 0.25) is 0 Å². The number of hydrogen-bond acceptors (Lipinski definition) is 3. The van der Waals surface area contributed by atoms with E-state index in [2.05, 4.69) is 41.7 Å². The largest absolute Gasteiger partial charge is 0.321 e. The Morgan fingerprint density at radius 3 is 2.76 bits per heavy atom. The third kappa shape index (κ3) is 4.61. The predicted molar refractivity (Wildman–Crippen MR) is 104 cm³/mol. The fourth-order valence-electron chi connectivity index (χ4n) is 3.29. The highest BCUT2D eigenvalue weighted by Crippen LogP contribution is 2.19. The Balaban J connectivity index is 0.00000225. The predicted octanol–water partition coefficient (Wildman–Crippen LogP) is 3.61. The third-order valence-corrected chi connectivity index (χ3v) is 4.71. The van der Waals surface area contributed by atoms with Crippen LogP contribution in [0.3, 0.4) is 0 Å². The number of carbonyl (C=O) groups excluding carboxylic acids is 1. The Hall–Kier alpha value is -1.85. The van der Waals surface area contributed by atoms with E-state index in [9.17, 15) is 4.79 Å². The molecule has 2 aromatic rings. The van der Waals surface area contributed by atoms with E-state index in [-0.39, 0.29) is 18.3 Å². The molecule has 1 fully saturated rings. The van der Waals surface area contributed by atoms with E-state index >= 15 is 0 Å². The van der Waals surface area contributed by atoms with Crippen molar-refractivity contribution < 1.29 is 4.79 Å². The van der Waals surface area contributed by atoms with Crippen LogP contribution in [-0.4, -0.2) is 28.8 Å². The lowest BCUT2D eigenvalue weighted by Gasteiger charge is -2.22. The Morgan fingerprint density at radius 1 is 1.28 bits per heavy atom. The molecule has 0 spiro atoms. The van der Waals surface area contributed by atoms with E-state index in [1.807, 2.05) is 16.9 Å². The summed E-state index contributed by atoms with van der Waals surface area (Å²) in [5.41, 5.74) is 3.93. The number of benzene rings is 1. The first-order chi connectivity index (χ1) is 11.7. The highest BCUT2D eigenvalue weighted by Gasteiger charge is 2.18. The summed E-state index contributed by atoms with van der Waals surface area (Å²) >= 11 is 0. The smallest absolute Gasteiger partial charge is 0.276 e. The van der Waals surface area contributed by atoms with Crippen molar-refractivity contribution in [1.29, 1.82) is 0 Å². The van der Waals surface area contributed by atoms with Crippen LogP contribution in [0.1, 0.15) is 54.3 Å². The van der Waals surface area contributed by atoms with Gasteiger partial charge in [0.15, 0.2) is 5.69 Å². The highest BCUT2D eigenvalue weighted by atomic mass is 35.5. The molecule has 1 aliphatic rings. The van der Waals surface area contributed by atoms with Crippen LogP contribution >= 0.6 is 12.4 Å². The second kappa shape index (κ2) is 9.02. The van der Waals surface area contributed by atoms with Gasteiger partial charge in [0.1, 0.15) is 0 Å². The molecule has 1 amide bonds. The fourth-order valence-corrected chi connectivity index (χ4v) is 3.29. The minimum Gasteiger partial charge on any atom is -0.321 e. The second-order valence-corrected chi connectivity index (χ2v) is 6.33. The molecule has 1 aliphatic heterocycles. The fraction of sp³-hybridized carbons (Fsp3) is 0.474. The number of aryl methyl sites for hydroxylation is 2. The molecule has 2 N–H and O–H groups in total. The molecule has 136 valence electrons. The summed E-state index contributed by atoms with van der Waals surface area (Å²) in [5.74, 6) is -0.149. The van der Waals surface area contributed by atoms with E-state index in [1.165, 1.54) is 11.1 Å². The van der Waals surface area contributed by atoms with E-state index in [1.54, 1.807) is 6.07 Å². The van der Waals surface area contributed by atoms with Gasteiger partial charge in [-0.1, -0.05) is 19.9 Å². The zero-order valence-electron chi connectivity index (χ0n) is 14.9. The number of nitrogens with one attached hydrogen (secondary N) is 2. The molecule has 25 heavy (non-hydrogen) atoms. The van der Waals surface area contributed by atoms with Crippen LogP contribution in [0.15, 0.2) is 30.5 Å². The molecular weight excluding hydrogens is 336 g/mol. The van der Waals surface area contributed by atoms with Gasteiger partial charge in [-0.2, -0.15) is 5.10 Å². The Bertz CT molecular complexity index is 707. The molecule has 0 bridgehead atoms. The zero-order valence-corrected chi connectivity index (χ0v) is 15.7. The average Bonchev–Trinajstić information content (AvgIpc) is 3.12. The van der Waals surface area contributed by atoms with Crippen LogP contribution in [0.5, 0.6) is 0 Å². The topological polar surface area (TPSA) is 59.0 Å². The molecule has 1 unspecified atom stereocenters. The third-order valence-electron chi connectivity index (χ3n) is 4.71. The Kier molecular flexibility index (Phi) is 7.02. The lowest BCUT2D eigenvalue weighted by Crippen LogP contribution is -2.32. The van der Waals surface area contributed by atoms with Crippen LogP contribution in [0, 0.1) is 0 Å². The van der Waals surface area contributed by atoms with Gasteiger partial charge in [-0.15, -0.1) is 12.4 Å². The molecule has 6 heteroatoms. The molecule has 0 aliphatic carbocycles. The summed E-state index contributed by atoms with van der Waals surface area (Å²) in [6, 6.07) is 8.28. The van der Waals surface area contributed by atoms with Crippen molar-refractivity contribution in [3.05, 3.63) is 47.3 Å². The van der Waals surface area contributed by atoms with Crippen LogP contribution < -0.4 is 10.6 Å². The number of aromatic nitrogens is 2. The van der Waals surface area contributed by atoms with Gasteiger partial charge in [0, 0.05) is 18.4 Å². The van der Waals surface area contributed by atoms with Crippen molar-refractivity contribution in [2.24, 2.45) is 0 Å². The second-order valence-electron chi connectivity index (χ2n) is 6.33. The SMILES string of the molecule is CCc1ccc(NC(=O)c2ccn(C3CCCNC3)n2)cc1CC.Cl. The quantitative estimate of drug-likeness (QED) is 0.854. The van der Waals surface area contributed by atoms with Gasteiger partial charge >= 0.3 is 0 Å². The number of amides is 1. The molecule has 0 radical (unpaired) electrons. The van der Waals surface area contributed by atoms with Crippen molar-refractivity contribution in [2.45, 2.75) is 45.6 Å². The molecular formula is C19H27ClN4O. The van der Waals surface area contributed by atoms with Gasteiger partial charge in [-0.25, -0.2) is 0 Å². The van der Waals surface area contributed by atoms with E-state index in [4.69, 9.17) is 0 Å². The summed E-state index contributed by atoms with van der Waals surface area (Å²) in [7, 11) is 0. The van der Waals surface area contributed by atoms with Crippen molar-refractivity contribution in [1.82, 2.24) is 15.1 Å². The minimum atomic E-state index is -0.149. The first kappa shape index (κ1) is 19.5. The first-order valence-corrected chi connectivity index (χ1v) is 8.90. The monoisotopic (exact) mass is 362 g/mol. The van der Waals surface area contributed by atoms with Gasteiger partial charge in [0.25, 0.3) is 5.91 Å². The average molecular weight is 363 g/mol. The molecule has 1 aromatic carbocycles. The standard InChI is InChI=1S/C19H26N4O.ClH/c1-3-14-7-8-16(12-15(14)4-2)21-19(24)18-9-11-23(22-18)17-6-5-10-20-13-17;/h7-9,11-12,17,20H,3-6,10,13H2,1-2H3,(H,21,24);1H. The van der Waals surface area contributed by atoms with E-state index in [0.29, 0.717) is 11.7 Å². The van der Waals surface area contributed by atoms with E-state index < -0.39 is 0 Å². The molecule has 5 nitrogen and oxygen atoms in total. The summed E-state index contributed by atoms with van der Waals surface area (Å²) in [6.45, 7) is 6.28. The molecule has 1 aromatic heterocycles. The first-order valence-electron chi connectivity index (χ1n) is 8.90. The van der Waals surface area contributed by atoms with Crippen LogP contribution in [-0.2, 0) is 12.8 Å². The summed E-state index contributed by atoms with van der Waals surface area (Å²) in [4.78, 5) is 12.5. The molecule has 2 heterocycles. The molecule has 1 atom stereocenters. The van der Waals surface area contributed by atoms with Crippen LogP contribution in [0.2, 0.25) is 0 Å². The maximum absolute atomic E-state index is 12.5. The maximum Gasteiger partial charge on any atom is 0.276 e. The number of piperidine rings is 1. The normalized spacial score (nSPS) is 17.0. The van der Waals surface area contributed by atoms with Crippen molar-refractivity contribution in [3.8, 4) is 0 Å². The number of hydrogen-bond donors (Lipinski definition) is 2. The van der Waals surface area contributed by atoms with Crippen molar-refractivity contribution in [3.63, 3.8) is 0 Å². The maximum atomic E-state index is 12.5. The zero-order chi connectivity index (χ0) is 16.9. The summed E-state index contributed by atoms with van der Waals surface area (Å²) in [6.07, 6.45) is 6.14. The number of anilines is 1. The highest BCUT2D eigenvalue weighted by molar-refractivity contribution is 6.02. The Labute approximate surface area is 155 Å². The molecule has 1 saturated heterocycles. The van der Waals surface area contributed by atoms with Crippen LogP contribution in [0.25, 0.3) is 0 Å². The lowest BCUT2D eigenvalue weighted by atomic mass is 10.0. The Morgan fingerprint density at radius 2 is 2.08 bits per heavy atom. The number of halogens is 1. The lowest BCUT2D eigenvalue weighted by molar-refractivity contribution is 0.102. The summed E-state index contributed by atoms with van der Waals surface area (Å²) < 4.78 is 1.92. The summed E-state index contributed by atoms with van der Waals surface area (Å²) in [5, 5.41) is 10.8. The molecule has 3 rings (SSSR count). The minimum absolute atomic E-state index is 0. The van der Waals surface area contributed by atoms with Gasteiger partial charge in [-0.3, -0.25) is 9.48 Å². The van der Waals surface area contributed by atoms with Gasteiger partial charge in [-0.05, 0) is 61.6 Å². The van der Waals surface area contributed by atoms with Gasteiger partial charge in [0.05, 0.1) is 6.04 Å². The van der Waals surface area contributed by atoms with Crippen molar-refractivity contribution in [2.75, 3.05) is 18.4 Å². The van der Waals surface area contributed by atoms with Crippen LogP contribution in [0.4, 0.5) is 5.69 Å².